The van der Waals surface area contributed by atoms with Crippen LogP contribution in [-0.4, -0.2) is 38.1 Å². The van der Waals surface area contributed by atoms with E-state index >= 15 is 0 Å². The SMILES string of the molecule is Cc1ccc(NC[C@H]2C[C@H](c3nc(C)no3)C[C@H]2O)nn1. The van der Waals surface area contributed by atoms with Gasteiger partial charge >= 0.3 is 0 Å². The summed E-state index contributed by atoms with van der Waals surface area (Å²) < 4.78 is 5.21. The predicted molar refractivity (Wildman–Crippen MR) is 75.8 cm³/mol. The number of nitrogens with one attached hydrogen (secondary N) is 1. The molecule has 7 heteroatoms. The predicted octanol–water partition coefficient (Wildman–Crippen LogP) is 1.44. The van der Waals surface area contributed by atoms with Crippen LogP contribution in [0.15, 0.2) is 16.7 Å². The lowest BCUT2D eigenvalue weighted by Gasteiger charge is -2.14. The number of aliphatic hydroxyl groups is 1. The summed E-state index contributed by atoms with van der Waals surface area (Å²) in [5.41, 5.74) is 0.883. The summed E-state index contributed by atoms with van der Waals surface area (Å²) >= 11 is 0. The fraction of sp³-hybridized carbons (Fsp3) is 0.571. The Morgan fingerprint density at radius 2 is 2.14 bits per heavy atom. The average Bonchev–Trinajstić information content (AvgIpc) is 3.05. The van der Waals surface area contributed by atoms with Crippen LogP contribution in [0.25, 0.3) is 0 Å². The third kappa shape index (κ3) is 3.18. The minimum atomic E-state index is -0.367. The van der Waals surface area contributed by atoms with Crippen LogP contribution in [0, 0.1) is 19.8 Å². The Hall–Kier alpha value is -2.02. The van der Waals surface area contributed by atoms with Crippen molar-refractivity contribution >= 4 is 5.82 Å². The van der Waals surface area contributed by atoms with Crippen molar-refractivity contribution in [3.63, 3.8) is 0 Å². The summed E-state index contributed by atoms with van der Waals surface area (Å²) in [7, 11) is 0. The molecular weight excluding hydrogens is 270 g/mol. The molecule has 112 valence electrons. The van der Waals surface area contributed by atoms with Crippen LogP contribution in [0.2, 0.25) is 0 Å². The molecule has 1 aliphatic carbocycles. The van der Waals surface area contributed by atoms with E-state index in [1.807, 2.05) is 19.1 Å². The van der Waals surface area contributed by atoms with Crippen LogP contribution in [-0.2, 0) is 0 Å². The molecule has 2 aromatic heterocycles. The number of rotatable bonds is 4. The summed E-state index contributed by atoms with van der Waals surface area (Å²) in [5, 5.41) is 25.3. The zero-order valence-electron chi connectivity index (χ0n) is 12.2. The van der Waals surface area contributed by atoms with E-state index in [-0.39, 0.29) is 17.9 Å². The van der Waals surface area contributed by atoms with Crippen molar-refractivity contribution in [2.24, 2.45) is 5.92 Å². The van der Waals surface area contributed by atoms with Crippen LogP contribution >= 0.6 is 0 Å². The zero-order valence-corrected chi connectivity index (χ0v) is 12.2. The average molecular weight is 289 g/mol. The van der Waals surface area contributed by atoms with Crippen molar-refractivity contribution in [2.75, 3.05) is 11.9 Å². The van der Waals surface area contributed by atoms with Gasteiger partial charge in [-0.05, 0) is 38.8 Å². The minimum Gasteiger partial charge on any atom is -0.393 e. The molecule has 0 radical (unpaired) electrons. The van der Waals surface area contributed by atoms with Crippen LogP contribution in [0.3, 0.4) is 0 Å². The highest BCUT2D eigenvalue weighted by Gasteiger charge is 2.36. The van der Waals surface area contributed by atoms with Crippen LogP contribution in [0.1, 0.15) is 36.2 Å². The van der Waals surface area contributed by atoms with Crippen LogP contribution in [0.5, 0.6) is 0 Å². The number of hydrogen-bond acceptors (Lipinski definition) is 7. The van der Waals surface area contributed by atoms with Crippen LogP contribution < -0.4 is 5.32 Å². The zero-order chi connectivity index (χ0) is 14.8. The monoisotopic (exact) mass is 289 g/mol. The van der Waals surface area contributed by atoms with Crippen molar-refractivity contribution in [3.8, 4) is 0 Å². The normalized spacial score (nSPS) is 25.2. The first kappa shape index (κ1) is 13.9. The summed E-state index contributed by atoms with van der Waals surface area (Å²) in [4.78, 5) is 4.26. The Bertz CT molecular complexity index is 598. The van der Waals surface area contributed by atoms with E-state index in [0.29, 0.717) is 24.7 Å². The molecule has 0 amide bonds. The molecule has 2 aromatic rings. The van der Waals surface area contributed by atoms with Gasteiger partial charge in [0.05, 0.1) is 11.8 Å². The Morgan fingerprint density at radius 3 is 2.81 bits per heavy atom. The molecule has 1 aliphatic rings. The van der Waals surface area contributed by atoms with E-state index in [4.69, 9.17) is 4.52 Å². The maximum Gasteiger partial charge on any atom is 0.229 e. The van der Waals surface area contributed by atoms with Crippen LogP contribution in [0.4, 0.5) is 5.82 Å². The van der Waals surface area contributed by atoms with Crippen molar-refractivity contribution < 1.29 is 9.63 Å². The minimum absolute atomic E-state index is 0.136. The number of nitrogens with zero attached hydrogens (tertiary/aromatic N) is 4. The fourth-order valence-corrected chi connectivity index (χ4v) is 2.73. The van der Waals surface area contributed by atoms with E-state index in [2.05, 4.69) is 25.7 Å². The molecule has 3 atom stereocenters. The molecule has 0 saturated heterocycles. The lowest BCUT2D eigenvalue weighted by molar-refractivity contribution is 0.137. The molecule has 0 unspecified atom stereocenters. The van der Waals surface area contributed by atoms with Gasteiger partial charge in [-0.25, -0.2) is 0 Å². The second-order valence-electron chi connectivity index (χ2n) is 5.62. The molecule has 0 aliphatic heterocycles. The van der Waals surface area contributed by atoms with Gasteiger partial charge in [0.1, 0.15) is 5.82 Å². The summed E-state index contributed by atoms with van der Waals surface area (Å²) in [6, 6.07) is 3.80. The van der Waals surface area contributed by atoms with Gasteiger partial charge in [-0.3, -0.25) is 0 Å². The summed E-state index contributed by atoms with van der Waals surface area (Å²) in [6.45, 7) is 4.35. The largest absolute Gasteiger partial charge is 0.393 e. The summed E-state index contributed by atoms with van der Waals surface area (Å²) in [5.74, 6) is 2.27. The molecule has 0 spiro atoms. The van der Waals surface area contributed by atoms with Crippen molar-refractivity contribution in [2.45, 2.75) is 38.7 Å². The molecule has 2 N–H and O–H groups in total. The quantitative estimate of drug-likeness (QED) is 0.879. The maximum atomic E-state index is 10.2. The molecule has 1 fully saturated rings. The lowest BCUT2D eigenvalue weighted by Crippen LogP contribution is -2.22. The number of aliphatic hydroxyl groups excluding tert-OH is 1. The highest BCUT2D eigenvalue weighted by atomic mass is 16.5. The summed E-state index contributed by atoms with van der Waals surface area (Å²) in [6.07, 6.45) is 1.12. The highest BCUT2D eigenvalue weighted by molar-refractivity contribution is 5.32. The van der Waals surface area contributed by atoms with Gasteiger partial charge in [0.2, 0.25) is 5.89 Å². The molecule has 0 aromatic carbocycles. The Morgan fingerprint density at radius 1 is 1.29 bits per heavy atom. The van der Waals surface area contributed by atoms with E-state index in [9.17, 15) is 5.11 Å². The van der Waals surface area contributed by atoms with Gasteiger partial charge in [-0.15, -0.1) is 5.10 Å². The smallest absolute Gasteiger partial charge is 0.229 e. The van der Waals surface area contributed by atoms with Gasteiger partial charge in [-0.2, -0.15) is 10.1 Å². The second-order valence-corrected chi connectivity index (χ2v) is 5.62. The molecule has 21 heavy (non-hydrogen) atoms. The van der Waals surface area contributed by atoms with E-state index in [0.717, 1.165) is 17.9 Å². The third-order valence-corrected chi connectivity index (χ3v) is 3.89. The standard InChI is InChI=1S/C14H19N5O2/c1-8-3-4-13(18-17-8)15-7-11-5-10(6-12(11)20)14-16-9(2)19-21-14/h3-4,10-12,20H,5-7H2,1-2H3,(H,15,18)/t10-,11+,12+/m0/s1. The fourth-order valence-electron chi connectivity index (χ4n) is 2.73. The lowest BCUT2D eigenvalue weighted by atomic mass is 10.0. The topological polar surface area (TPSA) is 97.0 Å². The van der Waals surface area contributed by atoms with Gasteiger partial charge in [-0.1, -0.05) is 5.16 Å². The molecule has 3 rings (SSSR count). The number of aromatic nitrogens is 4. The van der Waals surface area contributed by atoms with Gasteiger partial charge in [0.15, 0.2) is 5.82 Å². The third-order valence-electron chi connectivity index (χ3n) is 3.89. The first-order valence-corrected chi connectivity index (χ1v) is 7.14. The Kier molecular flexibility index (Phi) is 3.83. The Labute approximate surface area is 122 Å². The van der Waals surface area contributed by atoms with Crippen molar-refractivity contribution in [1.82, 2.24) is 20.3 Å². The molecule has 7 nitrogen and oxygen atoms in total. The van der Waals surface area contributed by atoms with Gasteiger partial charge in [0.25, 0.3) is 0 Å². The van der Waals surface area contributed by atoms with E-state index < -0.39 is 0 Å². The van der Waals surface area contributed by atoms with Gasteiger partial charge < -0.3 is 14.9 Å². The molecular formula is C14H19N5O2. The van der Waals surface area contributed by atoms with Crippen molar-refractivity contribution in [1.29, 1.82) is 0 Å². The Balaban J connectivity index is 1.58. The van der Waals surface area contributed by atoms with E-state index in [1.165, 1.54) is 0 Å². The second kappa shape index (κ2) is 5.77. The number of anilines is 1. The first-order chi connectivity index (χ1) is 10.1. The number of aryl methyl sites for hydroxylation is 2. The van der Waals surface area contributed by atoms with E-state index in [1.54, 1.807) is 6.92 Å². The first-order valence-electron chi connectivity index (χ1n) is 7.14. The van der Waals surface area contributed by atoms with Gasteiger partial charge in [0, 0.05) is 18.4 Å². The molecule has 2 heterocycles. The molecule has 0 bridgehead atoms. The van der Waals surface area contributed by atoms with Crippen molar-refractivity contribution in [3.05, 3.63) is 29.5 Å². The molecule has 1 saturated carbocycles. The number of hydrogen-bond donors (Lipinski definition) is 2. The highest BCUT2D eigenvalue weighted by Crippen LogP contribution is 2.37. The maximum absolute atomic E-state index is 10.2.